The van der Waals surface area contributed by atoms with Crippen LogP contribution in [-0.4, -0.2) is 26.8 Å². The van der Waals surface area contributed by atoms with E-state index in [-0.39, 0.29) is 6.54 Å². The zero-order valence-corrected chi connectivity index (χ0v) is 10.5. The SMILES string of the molecule is Cc1ccn(-c2ccc(CNC(=O)C(F)(F)F)cn2)n1. The molecular formula is C12H11F3N4O. The van der Waals surface area contributed by atoms with E-state index < -0.39 is 12.1 Å². The van der Waals surface area contributed by atoms with Crippen molar-refractivity contribution in [2.75, 3.05) is 0 Å². The van der Waals surface area contributed by atoms with Gasteiger partial charge in [0.05, 0.1) is 5.69 Å². The quantitative estimate of drug-likeness (QED) is 0.934. The second-order valence-corrected chi connectivity index (χ2v) is 4.11. The lowest BCUT2D eigenvalue weighted by Gasteiger charge is -2.08. The molecule has 2 aromatic heterocycles. The number of halogens is 3. The van der Waals surface area contributed by atoms with Crippen molar-refractivity contribution in [3.05, 3.63) is 41.9 Å². The van der Waals surface area contributed by atoms with Crippen LogP contribution in [0.3, 0.4) is 0 Å². The summed E-state index contributed by atoms with van der Waals surface area (Å²) in [5, 5.41) is 5.93. The molecule has 0 bridgehead atoms. The summed E-state index contributed by atoms with van der Waals surface area (Å²) < 4.78 is 37.6. The lowest BCUT2D eigenvalue weighted by molar-refractivity contribution is -0.173. The van der Waals surface area contributed by atoms with Gasteiger partial charge in [-0.25, -0.2) is 9.67 Å². The van der Waals surface area contributed by atoms with E-state index in [9.17, 15) is 18.0 Å². The third-order valence-corrected chi connectivity index (χ3v) is 2.48. The van der Waals surface area contributed by atoms with Gasteiger partial charge in [0.2, 0.25) is 0 Å². The van der Waals surface area contributed by atoms with Crippen LogP contribution in [-0.2, 0) is 11.3 Å². The third kappa shape index (κ3) is 3.34. The zero-order valence-electron chi connectivity index (χ0n) is 10.5. The minimum atomic E-state index is -4.88. The molecule has 20 heavy (non-hydrogen) atoms. The largest absolute Gasteiger partial charge is 0.471 e. The van der Waals surface area contributed by atoms with Crippen molar-refractivity contribution in [2.24, 2.45) is 0 Å². The van der Waals surface area contributed by atoms with Crippen molar-refractivity contribution in [1.82, 2.24) is 20.1 Å². The van der Waals surface area contributed by atoms with E-state index in [2.05, 4.69) is 10.1 Å². The Balaban J connectivity index is 2.00. The van der Waals surface area contributed by atoms with Gasteiger partial charge in [0.15, 0.2) is 5.82 Å². The number of hydrogen-bond acceptors (Lipinski definition) is 3. The van der Waals surface area contributed by atoms with E-state index in [0.717, 1.165) is 5.69 Å². The molecule has 0 spiro atoms. The highest BCUT2D eigenvalue weighted by atomic mass is 19.4. The first-order valence-corrected chi connectivity index (χ1v) is 5.69. The van der Waals surface area contributed by atoms with Crippen molar-refractivity contribution >= 4 is 5.91 Å². The fourth-order valence-electron chi connectivity index (χ4n) is 1.48. The van der Waals surface area contributed by atoms with Crippen LogP contribution >= 0.6 is 0 Å². The number of aryl methyl sites for hydroxylation is 1. The van der Waals surface area contributed by atoms with Gasteiger partial charge in [-0.3, -0.25) is 4.79 Å². The van der Waals surface area contributed by atoms with E-state index >= 15 is 0 Å². The van der Waals surface area contributed by atoms with Crippen molar-refractivity contribution in [1.29, 1.82) is 0 Å². The van der Waals surface area contributed by atoms with Crippen LogP contribution in [0, 0.1) is 6.92 Å². The maximum atomic E-state index is 12.0. The highest BCUT2D eigenvalue weighted by Crippen LogP contribution is 2.14. The van der Waals surface area contributed by atoms with Gasteiger partial charge in [-0.15, -0.1) is 0 Å². The Morgan fingerprint density at radius 3 is 2.60 bits per heavy atom. The molecule has 2 aromatic rings. The van der Waals surface area contributed by atoms with E-state index in [0.29, 0.717) is 11.4 Å². The molecule has 106 valence electrons. The van der Waals surface area contributed by atoms with Crippen LogP contribution in [0.5, 0.6) is 0 Å². The Morgan fingerprint density at radius 2 is 2.10 bits per heavy atom. The minimum Gasteiger partial charge on any atom is -0.344 e. The smallest absolute Gasteiger partial charge is 0.344 e. The highest BCUT2D eigenvalue weighted by Gasteiger charge is 2.38. The summed E-state index contributed by atoms with van der Waals surface area (Å²) in [5.41, 5.74) is 1.29. The van der Waals surface area contributed by atoms with E-state index in [4.69, 9.17) is 0 Å². The summed E-state index contributed by atoms with van der Waals surface area (Å²) in [6.45, 7) is 1.60. The Kier molecular flexibility index (Phi) is 3.73. The van der Waals surface area contributed by atoms with Crippen molar-refractivity contribution in [3.63, 3.8) is 0 Å². The summed E-state index contributed by atoms with van der Waals surface area (Å²) >= 11 is 0. The Hall–Kier alpha value is -2.38. The minimum absolute atomic E-state index is 0.232. The molecule has 2 rings (SSSR count). The number of aromatic nitrogens is 3. The zero-order chi connectivity index (χ0) is 14.8. The fourth-order valence-corrected chi connectivity index (χ4v) is 1.48. The summed E-state index contributed by atoms with van der Waals surface area (Å²) in [5.74, 6) is -1.42. The van der Waals surface area contributed by atoms with Crippen LogP contribution in [0.4, 0.5) is 13.2 Å². The average molecular weight is 284 g/mol. The molecule has 2 heterocycles. The second kappa shape index (κ2) is 5.32. The van der Waals surface area contributed by atoms with Gasteiger partial charge in [-0.2, -0.15) is 18.3 Å². The topological polar surface area (TPSA) is 59.8 Å². The number of carbonyl (C=O) groups is 1. The number of rotatable bonds is 3. The monoisotopic (exact) mass is 284 g/mol. The number of pyridine rings is 1. The number of amides is 1. The number of nitrogens with zero attached hydrogens (tertiary/aromatic N) is 3. The van der Waals surface area contributed by atoms with Gasteiger partial charge in [0.25, 0.3) is 0 Å². The van der Waals surface area contributed by atoms with E-state index in [1.165, 1.54) is 6.20 Å². The molecule has 0 aliphatic carbocycles. The van der Waals surface area contributed by atoms with Crippen molar-refractivity contribution in [3.8, 4) is 5.82 Å². The molecule has 0 radical (unpaired) electrons. The first kappa shape index (κ1) is 14.0. The van der Waals surface area contributed by atoms with Gasteiger partial charge in [-0.05, 0) is 24.6 Å². The summed E-state index contributed by atoms with van der Waals surface area (Å²) in [6, 6.07) is 5.00. The average Bonchev–Trinajstić information content (AvgIpc) is 2.82. The van der Waals surface area contributed by atoms with Crippen LogP contribution < -0.4 is 5.32 Å². The Morgan fingerprint density at radius 1 is 1.35 bits per heavy atom. The summed E-state index contributed by atoms with van der Waals surface area (Å²) in [4.78, 5) is 14.7. The number of nitrogens with one attached hydrogen (secondary N) is 1. The number of carbonyl (C=O) groups excluding carboxylic acids is 1. The predicted octanol–water partition coefficient (Wildman–Crippen LogP) is 1.75. The fraction of sp³-hybridized carbons (Fsp3) is 0.250. The van der Waals surface area contributed by atoms with Crippen molar-refractivity contribution in [2.45, 2.75) is 19.6 Å². The van der Waals surface area contributed by atoms with E-state index in [1.54, 1.807) is 34.4 Å². The highest BCUT2D eigenvalue weighted by molar-refractivity contribution is 5.81. The normalized spacial score (nSPS) is 11.4. The second-order valence-electron chi connectivity index (χ2n) is 4.11. The molecule has 8 heteroatoms. The molecule has 0 aliphatic rings. The lowest BCUT2D eigenvalue weighted by atomic mass is 10.3. The number of hydrogen-bond donors (Lipinski definition) is 1. The molecule has 1 N–H and O–H groups in total. The first-order chi connectivity index (χ1) is 9.36. The third-order valence-electron chi connectivity index (χ3n) is 2.48. The van der Waals surface area contributed by atoms with Crippen molar-refractivity contribution < 1.29 is 18.0 Å². The van der Waals surface area contributed by atoms with Crippen LogP contribution in [0.15, 0.2) is 30.6 Å². The van der Waals surface area contributed by atoms with Gasteiger partial charge in [0.1, 0.15) is 0 Å². The lowest BCUT2D eigenvalue weighted by Crippen LogP contribution is -2.36. The van der Waals surface area contributed by atoms with Gasteiger partial charge < -0.3 is 5.32 Å². The van der Waals surface area contributed by atoms with Gasteiger partial charge >= 0.3 is 12.1 Å². The van der Waals surface area contributed by atoms with Crippen LogP contribution in [0.25, 0.3) is 5.82 Å². The molecule has 5 nitrogen and oxygen atoms in total. The van der Waals surface area contributed by atoms with Gasteiger partial charge in [0, 0.05) is 18.9 Å². The molecule has 0 aromatic carbocycles. The standard InChI is InChI=1S/C12H11F3N4O/c1-8-4-5-19(18-8)10-3-2-9(6-16-10)7-17-11(20)12(13,14)15/h2-6H,7H2,1H3,(H,17,20). The maximum Gasteiger partial charge on any atom is 0.471 e. The Labute approximate surface area is 112 Å². The van der Waals surface area contributed by atoms with Crippen LogP contribution in [0.1, 0.15) is 11.3 Å². The molecule has 0 saturated carbocycles. The Bertz CT molecular complexity index is 604. The molecule has 1 amide bonds. The molecular weight excluding hydrogens is 273 g/mol. The van der Waals surface area contributed by atoms with E-state index in [1.807, 2.05) is 6.92 Å². The molecule has 0 saturated heterocycles. The molecule has 0 fully saturated rings. The first-order valence-electron chi connectivity index (χ1n) is 5.69. The molecule has 0 atom stereocenters. The molecule has 0 aliphatic heterocycles. The predicted molar refractivity (Wildman–Crippen MR) is 64.0 cm³/mol. The summed E-state index contributed by atoms with van der Waals surface area (Å²) in [6.07, 6.45) is -1.76. The maximum absolute atomic E-state index is 12.0. The summed E-state index contributed by atoms with van der Waals surface area (Å²) in [7, 11) is 0. The molecule has 0 unspecified atom stereocenters. The van der Waals surface area contributed by atoms with Crippen LogP contribution in [0.2, 0.25) is 0 Å². The van der Waals surface area contributed by atoms with Gasteiger partial charge in [-0.1, -0.05) is 6.07 Å². The number of alkyl halides is 3.